The number of rotatable bonds is 3. The van der Waals surface area contributed by atoms with Crippen LogP contribution in [-0.2, 0) is 9.53 Å². The Balaban J connectivity index is 2.32. The van der Waals surface area contributed by atoms with Crippen molar-refractivity contribution in [3.63, 3.8) is 0 Å². The van der Waals surface area contributed by atoms with Crippen LogP contribution in [0.4, 0.5) is 0 Å². The van der Waals surface area contributed by atoms with Crippen LogP contribution in [0.1, 0.15) is 46.0 Å². The smallest absolute Gasteiger partial charge is 0.334 e. The van der Waals surface area contributed by atoms with Gasteiger partial charge in [0.25, 0.3) is 0 Å². The molecule has 0 radical (unpaired) electrons. The van der Waals surface area contributed by atoms with Gasteiger partial charge in [-0.05, 0) is 32.6 Å². The molecule has 2 unspecified atom stereocenters. The van der Waals surface area contributed by atoms with Crippen LogP contribution in [0, 0.1) is 5.92 Å². The van der Waals surface area contributed by atoms with E-state index in [4.69, 9.17) is 9.84 Å². The van der Waals surface area contributed by atoms with Crippen molar-refractivity contribution in [2.24, 2.45) is 5.92 Å². The van der Waals surface area contributed by atoms with Crippen molar-refractivity contribution in [2.75, 3.05) is 0 Å². The number of aliphatic hydroxyl groups excluding tert-OH is 1. The van der Waals surface area contributed by atoms with Gasteiger partial charge >= 0.3 is 5.97 Å². The molecule has 1 N–H and O–H groups in total. The molecule has 1 saturated carbocycles. The first-order valence-corrected chi connectivity index (χ1v) is 5.50. The van der Waals surface area contributed by atoms with Gasteiger partial charge in [0.15, 0.2) is 0 Å². The summed E-state index contributed by atoms with van der Waals surface area (Å²) in [6.07, 6.45) is 5.02. The van der Waals surface area contributed by atoms with Crippen LogP contribution in [-0.4, -0.2) is 23.3 Å². The van der Waals surface area contributed by atoms with E-state index in [1.807, 2.05) is 6.92 Å². The predicted octanol–water partition coefficient (Wildman–Crippen LogP) is 1.88. The van der Waals surface area contributed by atoms with Gasteiger partial charge in [0.05, 0.1) is 0 Å². The van der Waals surface area contributed by atoms with Gasteiger partial charge in [-0.15, -0.1) is 0 Å². The molecule has 0 saturated heterocycles. The third kappa shape index (κ3) is 3.29. The summed E-state index contributed by atoms with van der Waals surface area (Å²) in [5, 5.41) is 8.99. The molecular weight excluding hydrogens is 180 g/mol. The van der Waals surface area contributed by atoms with Crippen molar-refractivity contribution in [1.29, 1.82) is 0 Å². The zero-order valence-electron chi connectivity index (χ0n) is 9.03. The zero-order valence-corrected chi connectivity index (χ0v) is 9.03. The van der Waals surface area contributed by atoms with Crippen LogP contribution in [0.3, 0.4) is 0 Å². The molecule has 14 heavy (non-hydrogen) atoms. The molecule has 1 aliphatic rings. The summed E-state index contributed by atoms with van der Waals surface area (Å²) < 4.78 is 5.16. The van der Waals surface area contributed by atoms with E-state index < -0.39 is 12.1 Å². The van der Waals surface area contributed by atoms with Crippen molar-refractivity contribution in [3.8, 4) is 0 Å². The number of hydrogen-bond acceptors (Lipinski definition) is 3. The quantitative estimate of drug-likeness (QED) is 0.707. The van der Waals surface area contributed by atoms with Crippen molar-refractivity contribution in [1.82, 2.24) is 0 Å². The lowest BCUT2D eigenvalue weighted by Crippen LogP contribution is -2.30. The first kappa shape index (κ1) is 11.5. The SMILES string of the molecule is CC(O)C(=O)OC(C)C1CCCCC1. The van der Waals surface area contributed by atoms with Crippen molar-refractivity contribution in [3.05, 3.63) is 0 Å². The van der Waals surface area contributed by atoms with Gasteiger partial charge in [-0.2, -0.15) is 0 Å². The van der Waals surface area contributed by atoms with E-state index in [-0.39, 0.29) is 6.10 Å². The average Bonchev–Trinajstić information content (AvgIpc) is 2.19. The third-order valence-electron chi connectivity index (χ3n) is 2.96. The summed E-state index contributed by atoms with van der Waals surface area (Å²) in [6.45, 7) is 3.37. The van der Waals surface area contributed by atoms with E-state index in [1.54, 1.807) is 0 Å². The molecule has 0 bridgehead atoms. The Hall–Kier alpha value is -0.570. The lowest BCUT2D eigenvalue weighted by molar-refractivity contribution is -0.160. The van der Waals surface area contributed by atoms with Crippen LogP contribution in [0.2, 0.25) is 0 Å². The van der Waals surface area contributed by atoms with E-state index in [2.05, 4.69) is 0 Å². The standard InChI is InChI=1S/C11H20O3/c1-8(12)11(13)14-9(2)10-6-4-3-5-7-10/h8-10,12H,3-7H2,1-2H3. The minimum absolute atomic E-state index is 0.0441. The van der Waals surface area contributed by atoms with Gasteiger partial charge in [0.1, 0.15) is 12.2 Å². The second-order valence-electron chi connectivity index (χ2n) is 4.22. The Morgan fingerprint density at radius 2 is 1.86 bits per heavy atom. The van der Waals surface area contributed by atoms with Crippen LogP contribution in [0.25, 0.3) is 0 Å². The van der Waals surface area contributed by atoms with Crippen LogP contribution in [0.5, 0.6) is 0 Å². The monoisotopic (exact) mass is 200 g/mol. The Kier molecular flexibility index (Phi) is 4.39. The molecular formula is C11H20O3. The molecule has 82 valence electrons. The highest BCUT2D eigenvalue weighted by molar-refractivity contribution is 5.73. The van der Waals surface area contributed by atoms with Gasteiger partial charge in [-0.1, -0.05) is 19.3 Å². The molecule has 0 aromatic carbocycles. The van der Waals surface area contributed by atoms with E-state index in [1.165, 1.54) is 26.2 Å². The molecule has 3 heteroatoms. The molecule has 0 spiro atoms. The van der Waals surface area contributed by atoms with Crippen LogP contribution >= 0.6 is 0 Å². The first-order valence-electron chi connectivity index (χ1n) is 5.50. The predicted molar refractivity (Wildman–Crippen MR) is 53.8 cm³/mol. The summed E-state index contributed by atoms with van der Waals surface area (Å²) >= 11 is 0. The largest absolute Gasteiger partial charge is 0.460 e. The van der Waals surface area contributed by atoms with Gasteiger partial charge in [0.2, 0.25) is 0 Å². The molecule has 2 atom stereocenters. The molecule has 0 aliphatic heterocycles. The molecule has 1 rings (SSSR count). The maximum absolute atomic E-state index is 11.1. The fraction of sp³-hybridized carbons (Fsp3) is 0.909. The number of carbonyl (C=O) groups excluding carboxylic acids is 1. The minimum atomic E-state index is -0.999. The highest BCUT2D eigenvalue weighted by Crippen LogP contribution is 2.27. The molecule has 0 amide bonds. The van der Waals surface area contributed by atoms with Gasteiger partial charge in [-0.25, -0.2) is 4.79 Å². The number of carbonyl (C=O) groups is 1. The summed E-state index contributed by atoms with van der Waals surface area (Å²) in [5.74, 6) is -0.00507. The fourth-order valence-electron chi connectivity index (χ4n) is 1.98. The highest BCUT2D eigenvalue weighted by atomic mass is 16.6. The van der Waals surface area contributed by atoms with Crippen molar-refractivity contribution in [2.45, 2.75) is 58.2 Å². The normalized spacial score (nSPS) is 22.8. The summed E-state index contributed by atoms with van der Waals surface area (Å²) in [4.78, 5) is 11.1. The Morgan fingerprint density at radius 1 is 1.29 bits per heavy atom. The summed E-state index contributed by atoms with van der Waals surface area (Å²) in [7, 11) is 0. The Morgan fingerprint density at radius 3 is 2.36 bits per heavy atom. The summed E-state index contributed by atoms with van der Waals surface area (Å²) in [6, 6.07) is 0. The second-order valence-corrected chi connectivity index (χ2v) is 4.22. The number of esters is 1. The topological polar surface area (TPSA) is 46.5 Å². The Bertz CT molecular complexity index is 183. The van der Waals surface area contributed by atoms with Crippen LogP contribution < -0.4 is 0 Å². The molecule has 1 fully saturated rings. The van der Waals surface area contributed by atoms with Gasteiger partial charge in [0, 0.05) is 0 Å². The Labute approximate surface area is 85.5 Å². The lowest BCUT2D eigenvalue weighted by Gasteiger charge is -2.27. The first-order chi connectivity index (χ1) is 6.61. The third-order valence-corrected chi connectivity index (χ3v) is 2.96. The second kappa shape index (κ2) is 5.35. The zero-order chi connectivity index (χ0) is 10.6. The molecule has 1 aliphatic carbocycles. The van der Waals surface area contributed by atoms with Crippen molar-refractivity contribution < 1.29 is 14.6 Å². The molecule has 0 aromatic rings. The number of ether oxygens (including phenoxy) is 1. The van der Waals surface area contributed by atoms with E-state index in [0.29, 0.717) is 5.92 Å². The van der Waals surface area contributed by atoms with Gasteiger partial charge < -0.3 is 9.84 Å². The maximum atomic E-state index is 11.1. The number of aliphatic hydroxyl groups is 1. The minimum Gasteiger partial charge on any atom is -0.460 e. The fourth-order valence-corrected chi connectivity index (χ4v) is 1.98. The average molecular weight is 200 g/mol. The molecule has 0 aromatic heterocycles. The van der Waals surface area contributed by atoms with Crippen molar-refractivity contribution >= 4 is 5.97 Å². The molecule has 3 nitrogen and oxygen atoms in total. The summed E-state index contributed by atoms with van der Waals surface area (Å²) in [5.41, 5.74) is 0. The van der Waals surface area contributed by atoms with Gasteiger partial charge in [-0.3, -0.25) is 0 Å². The van der Waals surface area contributed by atoms with E-state index in [0.717, 1.165) is 12.8 Å². The highest BCUT2D eigenvalue weighted by Gasteiger charge is 2.24. The molecule has 0 heterocycles. The van der Waals surface area contributed by atoms with E-state index in [9.17, 15) is 4.79 Å². The van der Waals surface area contributed by atoms with Crippen LogP contribution in [0.15, 0.2) is 0 Å². The number of hydrogen-bond donors (Lipinski definition) is 1. The van der Waals surface area contributed by atoms with E-state index >= 15 is 0 Å². The maximum Gasteiger partial charge on any atom is 0.334 e. The lowest BCUT2D eigenvalue weighted by atomic mass is 9.86.